The number of nitrogens with zero attached hydrogens (tertiary/aromatic N) is 3. The Labute approximate surface area is 118 Å². The maximum Gasteiger partial charge on any atom is 0.338 e. The highest BCUT2D eigenvalue weighted by Crippen LogP contribution is 2.24. The summed E-state index contributed by atoms with van der Waals surface area (Å²) in [5.41, 5.74) is 1.11. The second-order valence-corrected chi connectivity index (χ2v) is 4.45. The van der Waals surface area contributed by atoms with E-state index in [1.165, 1.54) is 16.9 Å². The number of aromatic nitrogens is 3. The van der Waals surface area contributed by atoms with Crippen molar-refractivity contribution in [2.24, 2.45) is 0 Å². The van der Waals surface area contributed by atoms with Crippen LogP contribution in [-0.2, 0) is 0 Å². The number of carbonyl (C=O) groups is 1. The largest absolute Gasteiger partial charge is 0.478 e. The van der Waals surface area contributed by atoms with Gasteiger partial charge in [-0.1, -0.05) is 0 Å². The van der Waals surface area contributed by atoms with Crippen molar-refractivity contribution in [2.45, 2.75) is 6.92 Å². The van der Waals surface area contributed by atoms with Crippen LogP contribution >= 0.6 is 0 Å². The maximum atomic E-state index is 13.6. The summed E-state index contributed by atoms with van der Waals surface area (Å²) in [6, 6.07) is 7.12. The summed E-state index contributed by atoms with van der Waals surface area (Å²) in [5, 5.41) is 12.8. The SMILES string of the molecule is Cc1cc(Oc2ccc(C(=O)O)c(F)c2)n2ncnc2c1. The van der Waals surface area contributed by atoms with Gasteiger partial charge in [0.05, 0.1) is 5.56 Å². The molecular formula is C14H10FN3O3. The molecule has 1 aromatic carbocycles. The Bertz CT molecular complexity index is 845. The fourth-order valence-corrected chi connectivity index (χ4v) is 1.95. The van der Waals surface area contributed by atoms with E-state index in [1.54, 1.807) is 6.07 Å². The fourth-order valence-electron chi connectivity index (χ4n) is 1.95. The number of hydrogen-bond donors (Lipinski definition) is 1. The van der Waals surface area contributed by atoms with E-state index in [9.17, 15) is 9.18 Å². The molecule has 0 unspecified atom stereocenters. The number of pyridine rings is 1. The average molecular weight is 287 g/mol. The molecule has 7 heteroatoms. The lowest BCUT2D eigenvalue weighted by atomic mass is 10.2. The minimum atomic E-state index is -1.33. The topological polar surface area (TPSA) is 76.7 Å². The highest BCUT2D eigenvalue weighted by Gasteiger charge is 2.12. The zero-order valence-electron chi connectivity index (χ0n) is 10.9. The lowest BCUT2D eigenvalue weighted by Gasteiger charge is -2.08. The van der Waals surface area contributed by atoms with E-state index in [-0.39, 0.29) is 5.75 Å². The third kappa shape index (κ3) is 2.40. The third-order valence-corrected chi connectivity index (χ3v) is 2.88. The van der Waals surface area contributed by atoms with Gasteiger partial charge in [-0.15, -0.1) is 0 Å². The lowest BCUT2D eigenvalue weighted by Crippen LogP contribution is -2.01. The van der Waals surface area contributed by atoms with Gasteiger partial charge < -0.3 is 9.84 Å². The number of carboxylic acids is 1. The molecule has 2 heterocycles. The number of halogens is 1. The van der Waals surface area contributed by atoms with E-state index in [1.807, 2.05) is 13.0 Å². The zero-order chi connectivity index (χ0) is 15.0. The molecule has 0 amide bonds. The first-order valence-electron chi connectivity index (χ1n) is 6.05. The van der Waals surface area contributed by atoms with Gasteiger partial charge in [-0.25, -0.2) is 14.2 Å². The molecule has 0 aliphatic heterocycles. The normalized spacial score (nSPS) is 10.8. The molecular weight excluding hydrogens is 277 g/mol. The molecule has 3 rings (SSSR count). The van der Waals surface area contributed by atoms with Crippen molar-refractivity contribution in [1.82, 2.24) is 14.6 Å². The predicted octanol–water partition coefficient (Wildman–Crippen LogP) is 2.67. The molecule has 106 valence electrons. The fraction of sp³-hybridized carbons (Fsp3) is 0.0714. The molecule has 0 radical (unpaired) electrons. The van der Waals surface area contributed by atoms with Gasteiger partial charge in [0.1, 0.15) is 17.9 Å². The van der Waals surface area contributed by atoms with Crippen molar-refractivity contribution < 1.29 is 19.0 Å². The molecule has 21 heavy (non-hydrogen) atoms. The van der Waals surface area contributed by atoms with Crippen molar-refractivity contribution in [3.05, 3.63) is 53.6 Å². The molecule has 0 bridgehead atoms. The molecule has 0 aliphatic carbocycles. The zero-order valence-corrected chi connectivity index (χ0v) is 10.9. The first-order valence-corrected chi connectivity index (χ1v) is 6.05. The highest BCUT2D eigenvalue weighted by atomic mass is 19.1. The van der Waals surface area contributed by atoms with Gasteiger partial charge in [0.25, 0.3) is 0 Å². The molecule has 0 spiro atoms. The molecule has 0 aliphatic rings. The van der Waals surface area contributed by atoms with Crippen LogP contribution in [0.25, 0.3) is 5.65 Å². The van der Waals surface area contributed by atoms with Crippen LogP contribution in [0.2, 0.25) is 0 Å². The predicted molar refractivity (Wildman–Crippen MR) is 71.2 cm³/mol. The van der Waals surface area contributed by atoms with Crippen molar-refractivity contribution in [1.29, 1.82) is 0 Å². The van der Waals surface area contributed by atoms with E-state index >= 15 is 0 Å². The van der Waals surface area contributed by atoms with E-state index in [0.29, 0.717) is 11.5 Å². The third-order valence-electron chi connectivity index (χ3n) is 2.88. The summed E-state index contributed by atoms with van der Waals surface area (Å²) in [6.45, 7) is 1.87. The Kier molecular flexibility index (Phi) is 3.02. The summed E-state index contributed by atoms with van der Waals surface area (Å²) >= 11 is 0. The number of hydrogen-bond acceptors (Lipinski definition) is 4. The minimum absolute atomic E-state index is 0.180. The van der Waals surface area contributed by atoms with E-state index in [4.69, 9.17) is 9.84 Å². The minimum Gasteiger partial charge on any atom is -0.478 e. The van der Waals surface area contributed by atoms with Crippen LogP contribution in [0, 0.1) is 12.7 Å². The highest BCUT2D eigenvalue weighted by molar-refractivity contribution is 5.88. The van der Waals surface area contributed by atoms with Crippen LogP contribution < -0.4 is 4.74 Å². The summed E-state index contributed by atoms with van der Waals surface area (Å²) in [7, 11) is 0. The van der Waals surface area contributed by atoms with E-state index in [0.717, 1.165) is 17.7 Å². The second-order valence-electron chi connectivity index (χ2n) is 4.45. The molecule has 0 atom stereocenters. The average Bonchev–Trinajstić information content (AvgIpc) is 2.86. The van der Waals surface area contributed by atoms with Crippen LogP contribution in [0.4, 0.5) is 4.39 Å². The van der Waals surface area contributed by atoms with Crippen LogP contribution in [0.1, 0.15) is 15.9 Å². The number of fused-ring (bicyclic) bond motifs is 1. The Morgan fingerprint density at radius 3 is 2.86 bits per heavy atom. The molecule has 1 N–H and O–H groups in total. The van der Waals surface area contributed by atoms with Crippen LogP contribution in [-0.4, -0.2) is 25.7 Å². The van der Waals surface area contributed by atoms with Crippen molar-refractivity contribution in [2.75, 3.05) is 0 Å². The van der Waals surface area contributed by atoms with Crippen molar-refractivity contribution >= 4 is 11.6 Å². The summed E-state index contributed by atoms with van der Waals surface area (Å²) in [4.78, 5) is 14.8. The standard InChI is InChI=1S/C14H10FN3O3/c1-8-4-12-16-7-17-18(12)13(5-8)21-9-2-3-10(14(19)20)11(15)6-9/h2-7H,1H3,(H,19,20). The molecule has 2 aromatic heterocycles. The van der Waals surface area contributed by atoms with E-state index in [2.05, 4.69) is 10.1 Å². The van der Waals surface area contributed by atoms with Gasteiger partial charge in [-0.3, -0.25) is 0 Å². The van der Waals surface area contributed by atoms with Gasteiger partial charge in [0.2, 0.25) is 5.88 Å². The van der Waals surface area contributed by atoms with Crippen LogP contribution in [0.5, 0.6) is 11.6 Å². The number of ether oxygens (including phenoxy) is 1. The number of aryl methyl sites for hydroxylation is 1. The number of aromatic carboxylic acids is 1. The van der Waals surface area contributed by atoms with Gasteiger partial charge in [-0.2, -0.15) is 9.61 Å². The molecule has 0 saturated heterocycles. The molecule has 0 fully saturated rings. The lowest BCUT2D eigenvalue weighted by molar-refractivity contribution is 0.0692. The Balaban J connectivity index is 2.00. The molecule has 3 aromatic rings. The molecule has 6 nitrogen and oxygen atoms in total. The smallest absolute Gasteiger partial charge is 0.338 e. The molecule has 0 saturated carbocycles. The monoisotopic (exact) mass is 287 g/mol. The number of rotatable bonds is 3. The second kappa shape index (κ2) is 4.86. The first-order chi connectivity index (χ1) is 10.0. The van der Waals surface area contributed by atoms with Crippen LogP contribution in [0.15, 0.2) is 36.7 Å². The number of carboxylic acid groups (broad SMARTS) is 1. The summed E-state index contributed by atoms with van der Waals surface area (Å²) < 4.78 is 20.7. The van der Waals surface area contributed by atoms with E-state index < -0.39 is 17.3 Å². The maximum absolute atomic E-state index is 13.6. The first kappa shape index (κ1) is 13.0. The van der Waals surface area contributed by atoms with Gasteiger partial charge in [0, 0.05) is 12.1 Å². The summed E-state index contributed by atoms with van der Waals surface area (Å²) in [6.07, 6.45) is 1.38. The van der Waals surface area contributed by atoms with Gasteiger partial charge in [0.15, 0.2) is 5.65 Å². The summed E-state index contributed by atoms with van der Waals surface area (Å²) in [5.74, 6) is -1.64. The Morgan fingerprint density at radius 1 is 1.33 bits per heavy atom. The van der Waals surface area contributed by atoms with Crippen LogP contribution in [0.3, 0.4) is 0 Å². The van der Waals surface area contributed by atoms with Crippen molar-refractivity contribution in [3.63, 3.8) is 0 Å². The van der Waals surface area contributed by atoms with Gasteiger partial charge >= 0.3 is 5.97 Å². The number of benzene rings is 1. The Morgan fingerprint density at radius 2 is 2.14 bits per heavy atom. The van der Waals surface area contributed by atoms with Gasteiger partial charge in [-0.05, 0) is 30.7 Å². The van der Waals surface area contributed by atoms with Crippen molar-refractivity contribution in [3.8, 4) is 11.6 Å². The Hall–Kier alpha value is -2.96. The quantitative estimate of drug-likeness (QED) is 0.801.